The highest BCUT2D eigenvalue weighted by molar-refractivity contribution is 5.31. The lowest BCUT2D eigenvalue weighted by atomic mass is 9.62. The maximum Gasteiger partial charge on any atom is 0.0957 e. The standard InChI is InChI=1S/C16H22O/c1-14(2)13-9-10-15(14,3)16(17,11-13)12-7-5-4-6-8-12/h4-8,13,17H,9-11H2,1-3H3/t13-,15+,16-/m1/s1. The van der Waals surface area contributed by atoms with E-state index in [-0.39, 0.29) is 10.8 Å². The van der Waals surface area contributed by atoms with Crippen molar-refractivity contribution in [3.8, 4) is 0 Å². The lowest BCUT2D eigenvalue weighted by Gasteiger charge is -2.45. The van der Waals surface area contributed by atoms with E-state index in [9.17, 15) is 5.11 Å². The first kappa shape index (κ1) is 11.3. The third-order valence-electron chi connectivity index (χ3n) is 6.14. The summed E-state index contributed by atoms with van der Waals surface area (Å²) in [4.78, 5) is 0. The minimum atomic E-state index is -0.624. The minimum absolute atomic E-state index is 0.0199. The highest BCUT2D eigenvalue weighted by Crippen LogP contribution is 2.72. The molecule has 0 heterocycles. The van der Waals surface area contributed by atoms with Gasteiger partial charge in [-0.3, -0.25) is 0 Å². The lowest BCUT2D eigenvalue weighted by molar-refractivity contribution is -0.0957. The van der Waals surface area contributed by atoms with Crippen molar-refractivity contribution in [3.63, 3.8) is 0 Å². The molecule has 2 aliphatic rings. The summed E-state index contributed by atoms with van der Waals surface area (Å²) in [5.74, 6) is 0.665. The van der Waals surface area contributed by atoms with Crippen molar-refractivity contribution in [2.75, 3.05) is 0 Å². The molecule has 0 amide bonds. The molecule has 0 spiro atoms. The van der Waals surface area contributed by atoms with Crippen LogP contribution in [0, 0.1) is 16.7 Å². The van der Waals surface area contributed by atoms with Crippen molar-refractivity contribution >= 4 is 0 Å². The number of aliphatic hydroxyl groups is 1. The first-order valence-corrected chi connectivity index (χ1v) is 6.70. The highest BCUT2D eigenvalue weighted by atomic mass is 16.3. The van der Waals surface area contributed by atoms with Gasteiger partial charge in [0.25, 0.3) is 0 Å². The van der Waals surface area contributed by atoms with Crippen LogP contribution in [0.5, 0.6) is 0 Å². The number of hydrogen-bond donors (Lipinski definition) is 1. The first-order chi connectivity index (χ1) is 7.92. The second-order valence-corrected chi connectivity index (χ2v) is 6.72. The van der Waals surface area contributed by atoms with Crippen molar-refractivity contribution in [1.29, 1.82) is 0 Å². The van der Waals surface area contributed by atoms with Gasteiger partial charge in [-0.1, -0.05) is 51.1 Å². The summed E-state index contributed by atoms with van der Waals surface area (Å²) in [6.45, 7) is 6.96. The van der Waals surface area contributed by atoms with Crippen LogP contribution in [-0.4, -0.2) is 5.11 Å². The second-order valence-electron chi connectivity index (χ2n) is 6.72. The molecule has 0 aliphatic heterocycles. The van der Waals surface area contributed by atoms with Gasteiger partial charge in [0, 0.05) is 5.41 Å². The Morgan fingerprint density at radius 3 is 2.24 bits per heavy atom. The van der Waals surface area contributed by atoms with E-state index in [0.717, 1.165) is 18.4 Å². The smallest absolute Gasteiger partial charge is 0.0957 e. The predicted octanol–water partition coefficient (Wildman–Crippen LogP) is 3.72. The lowest BCUT2D eigenvalue weighted by Crippen LogP contribution is -2.44. The van der Waals surface area contributed by atoms with Crippen molar-refractivity contribution in [2.45, 2.75) is 45.6 Å². The fourth-order valence-electron chi connectivity index (χ4n) is 4.43. The Kier molecular flexibility index (Phi) is 2.08. The van der Waals surface area contributed by atoms with Gasteiger partial charge in [-0.05, 0) is 36.2 Å². The first-order valence-electron chi connectivity index (χ1n) is 6.70. The summed E-state index contributed by atoms with van der Waals surface area (Å²) in [7, 11) is 0. The molecule has 0 radical (unpaired) electrons. The second kappa shape index (κ2) is 3.14. The van der Waals surface area contributed by atoms with Crippen LogP contribution in [0.3, 0.4) is 0 Å². The van der Waals surface area contributed by atoms with Crippen LogP contribution in [0.25, 0.3) is 0 Å². The molecular formula is C16H22O. The van der Waals surface area contributed by atoms with E-state index in [1.54, 1.807) is 0 Å². The van der Waals surface area contributed by atoms with Gasteiger partial charge in [-0.2, -0.15) is 0 Å². The van der Waals surface area contributed by atoms with Crippen molar-refractivity contribution < 1.29 is 5.11 Å². The molecule has 17 heavy (non-hydrogen) atoms. The van der Waals surface area contributed by atoms with E-state index < -0.39 is 5.60 Å². The molecule has 1 nitrogen and oxygen atoms in total. The zero-order chi connectivity index (χ0) is 12.3. The fraction of sp³-hybridized carbons (Fsp3) is 0.625. The maximum absolute atomic E-state index is 11.2. The molecule has 2 aliphatic carbocycles. The molecule has 0 unspecified atom stereocenters. The molecule has 0 aromatic heterocycles. The maximum atomic E-state index is 11.2. The third kappa shape index (κ3) is 1.14. The Morgan fingerprint density at radius 1 is 1.12 bits per heavy atom. The summed E-state index contributed by atoms with van der Waals surface area (Å²) < 4.78 is 0. The van der Waals surface area contributed by atoms with Crippen LogP contribution in [-0.2, 0) is 5.60 Å². The average Bonchev–Trinajstić information content (AvgIpc) is 2.62. The number of hydrogen-bond acceptors (Lipinski definition) is 1. The monoisotopic (exact) mass is 230 g/mol. The number of benzene rings is 1. The van der Waals surface area contributed by atoms with Gasteiger partial charge in [0.05, 0.1) is 5.60 Å². The quantitative estimate of drug-likeness (QED) is 0.779. The third-order valence-corrected chi connectivity index (χ3v) is 6.14. The van der Waals surface area contributed by atoms with Crippen LogP contribution < -0.4 is 0 Å². The zero-order valence-electron chi connectivity index (χ0n) is 11.0. The van der Waals surface area contributed by atoms with E-state index in [4.69, 9.17) is 0 Å². The highest BCUT2D eigenvalue weighted by Gasteiger charge is 2.68. The van der Waals surface area contributed by atoms with E-state index in [1.807, 2.05) is 18.2 Å². The van der Waals surface area contributed by atoms with E-state index in [0.29, 0.717) is 5.92 Å². The zero-order valence-corrected chi connectivity index (χ0v) is 11.0. The van der Waals surface area contributed by atoms with E-state index in [2.05, 4.69) is 32.9 Å². The molecule has 1 aromatic carbocycles. The van der Waals surface area contributed by atoms with E-state index >= 15 is 0 Å². The van der Waals surface area contributed by atoms with E-state index in [1.165, 1.54) is 6.42 Å². The molecule has 1 N–H and O–H groups in total. The molecule has 1 aromatic rings. The van der Waals surface area contributed by atoms with Gasteiger partial charge in [-0.15, -0.1) is 0 Å². The molecule has 92 valence electrons. The van der Waals surface area contributed by atoms with Crippen LogP contribution in [0.4, 0.5) is 0 Å². The van der Waals surface area contributed by atoms with Crippen molar-refractivity contribution in [2.24, 2.45) is 16.7 Å². The molecular weight excluding hydrogens is 208 g/mol. The molecule has 3 atom stereocenters. The number of rotatable bonds is 1. The van der Waals surface area contributed by atoms with Gasteiger partial charge >= 0.3 is 0 Å². The Balaban J connectivity index is 2.13. The molecule has 0 saturated heterocycles. The average molecular weight is 230 g/mol. The minimum Gasteiger partial charge on any atom is -0.385 e. The Labute approximate surface area is 104 Å². The fourth-order valence-corrected chi connectivity index (χ4v) is 4.43. The Hall–Kier alpha value is -0.820. The largest absolute Gasteiger partial charge is 0.385 e. The van der Waals surface area contributed by atoms with Crippen LogP contribution in [0.2, 0.25) is 0 Å². The Bertz CT molecular complexity index is 436. The summed E-state index contributed by atoms with van der Waals surface area (Å²) in [5.41, 5.74) is 0.752. The topological polar surface area (TPSA) is 20.2 Å². The van der Waals surface area contributed by atoms with Crippen molar-refractivity contribution in [1.82, 2.24) is 0 Å². The molecule has 2 fully saturated rings. The molecule has 1 heteroatoms. The van der Waals surface area contributed by atoms with Crippen molar-refractivity contribution in [3.05, 3.63) is 35.9 Å². The van der Waals surface area contributed by atoms with Gasteiger partial charge in [-0.25, -0.2) is 0 Å². The molecule has 2 bridgehead atoms. The summed E-state index contributed by atoms with van der Waals surface area (Å²) in [6, 6.07) is 10.3. The van der Waals surface area contributed by atoms with Gasteiger partial charge < -0.3 is 5.11 Å². The normalized spacial score (nSPS) is 42.9. The summed E-state index contributed by atoms with van der Waals surface area (Å²) in [6.07, 6.45) is 3.36. The summed E-state index contributed by atoms with van der Waals surface area (Å²) in [5, 5.41) is 11.2. The predicted molar refractivity (Wildman–Crippen MR) is 69.6 cm³/mol. The van der Waals surface area contributed by atoms with Crippen LogP contribution in [0.15, 0.2) is 30.3 Å². The van der Waals surface area contributed by atoms with Gasteiger partial charge in [0.15, 0.2) is 0 Å². The summed E-state index contributed by atoms with van der Waals surface area (Å²) >= 11 is 0. The van der Waals surface area contributed by atoms with Crippen LogP contribution >= 0.6 is 0 Å². The molecule has 3 rings (SSSR count). The van der Waals surface area contributed by atoms with Crippen LogP contribution in [0.1, 0.15) is 45.6 Å². The molecule has 2 saturated carbocycles. The van der Waals surface area contributed by atoms with Gasteiger partial charge in [0.2, 0.25) is 0 Å². The SMILES string of the molecule is CC1(C)[C@@H]2CC[C@]1(C)[C@](O)(c1ccccc1)C2. The Morgan fingerprint density at radius 2 is 1.76 bits per heavy atom. The van der Waals surface area contributed by atoms with Gasteiger partial charge in [0.1, 0.15) is 0 Å². The number of fused-ring (bicyclic) bond motifs is 2.